The molecule has 22 heavy (non-hydrogen) atoms. The van der Waals surface area contributed by atoms with Gasteiger partial charge in [0.05, 0.1) is 0 Å². The van der Waals surface area contributed by atoms with E-state index in [1.165, 1.54) is 31.5 Å². The molecule has 1 aliphatic heterocycles. The molecule has 0 saturated carbocycles. The Bertz CT molecular complexity index is 299. The van der Waals surface area contributed by atoms with E-state index in [1.54, 1.807) is 0 Å². The standard InChI is InChI=1S/C11H16N2.C3H8.3C2H6.H2/c1-13-7-6-10(8-13)9-2-4-11(12)5-3-9;1-3-2;3*1-2;/h2-5,10H,6-8,12H2,1H3;3H2,1-2H3;3*1-2H3;1H. The second-order valence-electron chi connectivity index (χ2n) is 4.62. The fourth-order valence-corrected chi connectivity index (χ4v) is 1.98. The summed E-state index contributed by atoms with van der Waals surface area (Å²) < 4.78 is 0. The number of rotatable bonds is 1. The summed E-state index contributed by atoms with van der Waals surface area (Å²) in [6.07, 6.45) is 2.53. The first-order valence-electron chi connectivity index (χ1n) is 9.21. The molecule has 1 atom stereocenters. The first-order chi connectivity index (χ1) is 10.7. The highest BCUT2D eigenvalue weighted by Gasteiger charge is 2.20. The molecule has 1 saturated heterocycles. The predicted molar refractivity (Wildman–Crippen MR) is 108 cm³/mol. The molecule has 0 spiro atoms. The minimum Gasteiger partial charge on any atom is -0.399 e. The lowest BCUT2D eigenvalue weighted by Gasteiger charge is -2.10. The van der Waals surface area contributed by atoms with Crippen molar-refractivity contribution < 1.29 is 1.43 Å². The van der Waals surface area contributed by atoms with Gasteiger partial charge in [0.2, 0.25) is 0 Å². The Hall–Kier alpha value is -1.02. The van der Waals surface area contributed by atoms with Crippen LogP contribution < -0.4 is 5.73 Å². The summed E-state index contributed by atoms with van der Waals surface area (Å²) in [6.45, 7) is 18.7. The van der Waals surface area contributed by atoms with Crippen molar-refractivity contribution >= 4 is 5.69 Å². The van der Waals surface area contributed by atoms with Crippen LogP contribution in [0.15, 0.2) is 24.3 Å². The molecule has 2 N–H and O–H groups in total. The van der Waals surface area contributed by atoms with Crippen molar-refractivity contribution in [3.8, 4) is 0 Å². The second-order valence-corrected chi connectivity index (χ2v) is 4.62. The molecule has 1 aliphatic rings. The van der Waals surface area contributed by atoms with Crippen molar-refractivity contribution in [2.75, 3.05) is 25.9 Å². The Kier molecular flexibility index (Phi) is 23.5. The van der Waals surface area contributed by atoms with Crippen molar-refractivity contribution in [1.29, 1.82) is 0 Å². The molecule has 1 unspecified atom stereocenters. The molecule has 0 aromatic heterocycles. The van der Waals surface area contributed by atoms with Crippen molar-refractivity contribution in [2.24, 2.45) is 0 Å². The van der Waals surface area contributed by atoms with E-state index in [-0.39, 0.29) is 1.43 Å². The molecule has 0 amide bonds. The maximum absolute atomic E-state index is 5.64. The van der Waals surface area contributed by atoms with Gasteiger partial charge in [-0.1, -0.05) is 73.9 Å². The molecule has 1 aromatic carbocycles. The third kappa shape index (κ3) is 12.7. The van der Waals surface area contributed by atoms with Crippen molar-refractivity contribution in [1.82, 2.24) is 4.90 Å². The van der Waals surface area contributed by atoms with Crippen LogP contribution in [0.25, 0.3) is 0 Å². The second kappa shape index (κ2) is 20.0. The predicted octanol–water partition coefficient (Wildman–Crippen LogP) is 6.43. The van der Waals surface area contributed by atoms with Crippen molar-refractivity contribution in [3.05, 3.63) is 29.8 Å². The van der Waals surface area contributed by atoms with Gasteiger partial charge in [0.15, 0.2) is 0 Å². The number of nitrogens with two attached hydrogens (primary N) is 1. The van der Waals surface area contributed by atoms with E-state index in [2.05, 4.69) is 37.9 Å². The van der Waals surface area contributed by atoms with E-state index >= 15 is 0 Å². The average molecular weight is 313 g/mol. The monoisotopic (exact) mass is 312 g/mol. The van der Waals surface area contributed by atoms with E-state index in [1.807, 2.05) is 53.7 Å². The molecule has 1 aromatic rings. The number of hydrogen-bond donors (Lipinski definition) is 1. The van der Waals surface area contributed by atoms with Gasteiger partial charge in [-0.15, -0.1) is 0 Å². The summed E-state index contributed by atoms with van der Waals surface area (Å²) in [6, 6.07) is 8.29. The van der Waals surface area contributed by atoms with Crippen LogP contribution in [0.2, 0.25) is 0 Å². The summed E-state index contributed by atoms with van der Waals surface area (Å²) >= 11 is 0. The van der Waals surface area contributed by atoms with Gasteiger partial charge in [0.1, 0.15) is 0 Å². The summed E-state index contributed by atoms with van der Waals surface area (Å²) in [4.78, 5) is 2.38. The molecule has 2 heteroatoms. The number of nitrogen functional groups attached to an aromatic ring is 1. The Morgan fingerprint density at radius 2 is 1.41 bits per heavy atom. The van der Waals surface area contributed by atoms with Gasteiger partial charge in [0.25, 0.3) is 0 Å². The number of likely N-dealkylation sites (N-methyl/N-ethyl adjacent to an activating group) is 1. The highest BCUT2D eigenvalue weighted by atomic mass is 15.1. The van der Waals surface area contributed by atoms with Crippen LogP contribution in [0.3, 0.4) is 0 Å². The maximum Gasteiger partial charge on any atom is 0.0314 e. The molecular weight excluding hydrogens is 268 g/mol. The molecule has 2 nitrogen and oxygen atoms in total. The summed E-state index contributed by atoms with van der Waals surface area (Å²) in [7, 11) is 2.18. The third-order valence-electron chi connectivity index (χ3n) is 2.80. The highest BCUT2D eigenvalue weighted by Crippen LogP contribution is 2.26. The summed E-state index contributed by atoms with van der Waals surface area (Å²) in [5.41, 5.74) is 7.93. The lowest BCUT2D eigenvalue weighted by Crippen LogP contribution is -2.13. The fourth-order valence-electron chi connectivity index (χ4n) is 1.98. The minimum absolute atomic E-state index is 0. The van der Waals surface area contributed by atoms with Gasteiger partial charge in [-0.25, -0.2) is 0 Å². The van der Waals surface area contributed by atoms with Gasteiger partial charge < -0.3 is 10.6 Å². The van der Waals surface area contributed by atoms with Crippen LogP contribution in [-0.2, 0) is 0 Å². The highest BCUT2D eigenvalue weighted by molar-refractivity contribution is 5.40. The topological polar surface area (TPSA) is 29.3 Å². The molecular formula is C20H44N2. The molecule has 0 aliphatic carbocycles. The minimum atomic E-state index is 0. The Morgan fingerprint density at radius 3 is 1.73 bits per heavy atom. The Morgan fingerprint density at radius 1 is 1.00 bits per heavy atom. The first kappa shape index (κ1) is 25.9. The van der Waals surface area contributed by atoms with Gasteiger partial charge in [-0.3, -0.25) is 0 Å². The number of anilines is 1. The zero-order chi connectivity index (χ0) is 18.0. The van der Waals surface area contributed by atoms with E-state index in [4.69, 9.17) is 5.73 Å². The van der Waals surface area contributed by atoms with E-state index < -0.39 is 0 Å². The number of benzene rings is 1. The Labute approximate surface area is 142 Å². The molecule has 134 valence electrons. The van der Waals surface area contributed by atoms with Crippen molar-refractivity contribution in [2.45, 2.75) is 74.1 Å². The molecule has 0 radical (unpaired) electrons. The molecule has 0 bridgehead atoms. The lowest BCUT2D eigenvalue weighted by molar-refractivity contribution is 0.411. The first-order valence-corrected chi connectivity index (χ1v) is 9.21. The van der Waals surface area contributed by atoms with E-state index in [0.29, 0.717) is 5.92 Å². The van der Waals surface area contributed by atoms with Gasteiger partial charge >= 0.3 is 0 Å². The zero-order valence-electron chi connectivity index (χ0n) is 16.7. The number of likely N-dealkylation sites (tertiary alicyclic amines) is 1. The van der Waals surface area contributed by atoms with Crippen molar-refractivity contribution in [3.63, 3.8) is 0 Å². The van der Waals surface area contributed by atoms with Crippen LogP contribution in [0.5, 0.6) is 0 Å². The van der Waals surface area contributed by atoms with Gasteiger partial charge in [0, 0.05) is 13.7 Å². The van der Waals surface area contributed by atoms with Crippen LogP contribution in [0.4, 0.5) is 5.69 Å². The van der Waals surface area contributed by atoms with Gasteiger partial charge in [-0.2, -0.15) is 0 Å². The summed E-state index contributed by atoms with van der Waals surface area (Å²) in [5.74, 6) is 0.714. The number of hydrogen-bond acceptors (Lipinski definition) is 2. The summed E-state index contributed by atoms with van der Waals surface area (Å²) in [5, 5.41) is 0. The van der Waals surface area contributed by atoms with Crippen LogP contribution in [-0.4, -0.2) is 25.0 Å². The lowest BCUT2D eigenvalue weighted by atomic mass is 9.98. The fraction of sp³-hybridized carbons (Fsp3) is 0.700. The maximum atomic E-state index is 5.64. The van der Waals surface area contributed by atoms with E-state index in [9.17, 15) is 0 Å². The van der Waals surface area contributed by atoms with Gasteiger partial charge in [-0.05, 0) is 43.6 Å². The van der Waals surface area contributed by atoms with Crippen LogP contribution >= 0.6 is 0 Å². The van der Waals surface area contributed by atoms with Crippen LogP contribution in [0.1, 0.15) is 81.1 Å². The average Bonchev–Trinajstić information content (AvgIpc) is 3.01. The SMILES string of the molecule is CC.CC.CC.CCC.CN1CCC(c2ccc(N)cc2)C1.[HH]. The molecule has 1 fully saturated rings. The number of nitrogens with zero attached hydrogens (tertiary/aromatic N) is 1. The molecule has 1 heterocycles. The quantitative estimate of drug-likeness (QED) is 0.605. The zero-order valence-corrected chi connectivity index (χ0v) is 16.7. The molecule has 2 rings (SSSR count). The van der Waals surface area contributed by atoms with Crippen LogP contribution in [0, 0.1) is 0 Å². The smallest absolute Gasteiger partial charge is 0.0314 e. The third-order valence-corrected chi connectivity index (χ3v) is 2.80. The Balaban J connectivity index is -0.000000156. The largest absolute Gasteiger partial charge is 0.399 e. The van der Waals surface area contributed by atoms with E-state index in [0.717, 1.165) is 5.69 Å². The normalized spacial score (nSPS) is 15.6.